The molecule has 0 N–H and O–H groups in total. The van der Waals surface area contributed by atoms with E-state index in [1.165, 1.54) is 0 Å². The van der Waals surface area contributed by atoms with Gasteiger partial charge in [0.2, 0.25) is 0 Å². The molecule has 38 heavy (non-hydrogen) atoms. The van der Waals surface area contributed by atoms with Gasteiger partial charge in [-0.25, -0.2) is 9.59 Å². The Labute approximate surface area is 232 Å². The topological polar surface area (TPSA) is 71.1 Å². The molecule has 218 valence electrons. The molecule has 0 spiro atoms. The van der Waals surface area contributed by atoms with E-state index in [4.69, 9.17) is 19.6 Å². The quantitative estimate of drug-likeness (QED) is 0.120. The van der Waals surface area contributed by atoms with Gasteiger partial charge in [-0.2, -0.15) is 9.78 Å². The molecule has 0 saturated carbocycles. The summed E-state index contributed by atoms with van der Waals surface area (Å²) in [5.74, 6) is -0.753. The van der Waals surface area contributed by atoms with Crippen LogP contribution in [0.3, 0.4) is 0 Å². The number of hydrogen-bond donors (Lipinski definition) is 0. The lowest BCUT2D eigenvalue weighted by Gasteiger charge is -2.31. The highest BCUT2D eigenvalue weighted by Gasteiger charge is 2.35. The molecule has 6 heteroatoms. The van der Waals surface area contributed by atoms with Gasteiger partial charge in [-0.05, 0) is 75.3 Å². The third-order valence-electron chi connectivity index (χ3n) is 6.53. The van der Waals surface area contributed by atoms with Gasteiger partial charge in [-0.15, -0.1) is 0 Å². The van der Waals surface area contributed by atoms with Gasteiger partial charge in [-0.1, -0.05) is 91.5 Å². The fourth-order valence-electron chi connectivity index (χ4n) is 4.21. The fourth-order valence-corrected chi connectivity index (χ4v) is 4.21. The highest BCUT2D eigenvalue weighted by atomic mass is 17.2. The third kappa shape index (κ3) is 14.3. The van der Waals surface area contributed by atoms with Crippen LogP contribution in [0.2, 0.25) is 0 Å². The molecule has 6 nitrogen and oxygen atoms in total. The lowest BCUT2D eigenvalue weighted by atomic mass is 9.85. The Hall–Kier alpha value is -1.92. The monoisotopic (exact) mass is 534 g/mol. The van der Waals surface area contributed by atoms with Gasteiger partial charge in [0.25, 0.3) is 0 Å². The molecule has 0 aromatic heterocycles. The first-order valence-corrected chi connectivity index (χ1v) is 14.3. The van der Waals surface area contributed by atoms with E-state index in [0.717, 1.165) is 62.5 Å². The van der Waals surface area contributed by atoms with Crippen molar-refractivity contribution in [2.24, 2.45) is 10.8 Å². The molecule has 0 bridgehead atoms. The molecular formula is C32H54O6. The Morgan fingerprint density at radius 1 is 0.553 bits per heavy atom. The van der Waals surface area contributed by atoms with Crippen molar-refractivity contribution in [3.63, 3.8) is 0 Å². The van der Waals surface area contributed by atoms with Gasteiger partial charge in [0.05, 0.1) is 0 Å². The molecule has 1 rings (SSSR count). The van der Waals surface area contributed by atoms with E-state index in [9.17, 15) is 9.59 Å². The summed E-state index contributed by atoms with van der Waals surface area (Å²) < 4.78 is 0. The van der Waals surface area contributed by atoms with Gasteiger partial charge in [0.15, 0.2) is 0 Å². The predicted molar refractivity (Wildman–Crippen MR) is 152 cm³/mol. The van der Waals surface area contributed by atoms with Crippen molar-refractivity contribution in [1.82, 2.24) is 0 Å². The maximum atomic E-state index is 12.3. The summed E-state index contributed by atoms with van der Waals surface area (Å²) in [5.41, 5.74) is 0.306. The van der Waals surface area contributed by atoms with E-state index >= 15 is 0 Å². The highest BCUT2D eigenvalue weighted by Crippen LogP contribution is 2.36. The summed E-state index contributed by atoms with van der Waals surface area (Å²) in [6.45, 7) is 20.7. The van der Waals surface area contributed by atoms with Crippen LogP contribution in [0.5, 0.6) is 0 Å². The van der Waals surface area contributed by atoms with Gasteiger partial charge in [0.1, 0.15) is 11.2 Å². The Kier molecular flexibility index (Phi) is 13.5. The zero-order chi connectivity index (χ0) is 29.0. The van der Waals surface area contributed by atoms with E-state index < -0.39 is 11.2 Å². The first-order valence-electron chi connectivity index (χ1n) is 14.3. The first kappa shape index (κ1) is 34.1. The Morgan fingerprint density at radius 3 is 1.21 bits per heavy atom. The average Bonchev–Trinajstić information content (AvgIpc) is 2.79. The maximum absolute atomic E-state index is 12.3. The number of hydrogen-bond acceptors (Lipinski definition) is 6. The molecular weight excluding hydrogens is 480 g/mol. The SMILES string of the molecule is CC(C)(C)CCCCCC(=O)OOC(C)(C)c1ccccc1C(C)(C)OOC(=O)CCCCCC(C)(C)C. The van der Waals surface area contributed by atoms with Crippen molar-refractivity contribution in [3.05, 3.63) is 35.4 Å². The van der Waals surface area contributed by atoms with Crippen LogP contribution in [-0.4, -0.2) is 11.9 Å². The van der Waals surface area contributed by atoms with Gasteiger partial charge in [-0.3, -0.25) is 9.78 Å². The van der Waals surface area contributed by atoms with Crippen LogP contribution in [0.4, 0.5) is 0 Å². The molecule has 1 aromatic rings. The standard InChI is InChI=1S/C32H54O6/c1-29(2,3)23-17-11-13-21-27(33)35-37-31(7,8)25-19-15-16-20-26(25)32(9,10)38-36-28(34)22-14-12-18-24-30(4,5)6/h15-16,19-20H,11-14,17-18,21-24H2,1-10H3. The van der Waals surface area contributed by atoms with E-state index in [2.05, 4.69) is 41.5 Å². The average molecular weight is 535 g/mol. The molecule has 0 aliphatic heterocycles. The Bertz CT molecular complexity index is 786. The molecule has 0 atom stereocenters. The Balaban J connectivity index is 2.61. The van der Waals surface area contributed by atoms with Crippen molar-refractivity contribution < 1.29 is 29.1 Å². The van der Waals surface area contributed by atoms with Crippen molar-refractivity contribution in [2.45, 2.75) is 145 Å². The summed E-state index contributed by atoms with van der Waals surface area (Å²) in [4.78, 5) is 46.2. The summed E-state index contributed by atoms with van der Waals surface area (Å²) >= 11 is 0. The van der Waals surface area contributed by atoms with Crippen molar-refractivity contribution >= 4 is 11.9 Å². The molecule has 0 unspecified atom stereocenters. The Morgan fingerprint density at radius 2 is 0.895 bits per heavy atom. The van der Waals surface area contributed by atoms with Gasteiger partial charge < -0.3 is 0 Å². The third-order valence-corrected chi connectivity index (χ3v) is 6.53. The predicted octanol–water partition coefficient (Wildman–Crippen LogP) is 9.10. The van der Waals surface area contributed by atoms with Crippen LogP contribution in [0.15, 0.2) is 24.3 Å². The normalized spacial score (nSPS) is 12.9. The largest absolute Gasteiger partial charge is 0.342 e. The van der Waals surface area contributed by atoms with Crippen LogP contribution in [-0.2, 0) is 40.3 Å². The van der Waals surface area contributed by atoms with E-state index in [1.54, 1.807) is 0 Å². The van der Waals surface area contributed by atoms with Crippen LogP contribution in [0.25, 0.3) is 0 Å². The lowest BCUT2D eigenvalue weighted by Crippen LogP contribution is -2.31. The van der Waals surface area contributed by atoms with Crippen LogP contribution in [0.1, 0.15) is 145 Å². The van der Waals surface area contributed by atoms with Gasteiger partial charge >= 0.3 is 11.9 Å². The molecule has 0 aliphatic rings. The molecule has 1 aromatic carbocycles. The van der Waals surface area contributed by atoms with Crippen LogP contribution < -0.4 is 0 Å². The van der Waals surface area contributed by atoms with E-state index in [1.807, 2.05) is 52.0 Å². The number of unbranched alkanes of at least 4 members (excludes halogenated alkanes) is 4. The summed E-state index contributed by atoms with van der Waals surface area (Å²) in [6.07, 6.45) is 8.61. The molecule has 0 fully saturated rings. The smallest absolute Gasteiger partial charge is 0.297 e. The van der Waals surface area contributed by atoms with Crippen LogP contribution >= 0.6 is 0 Å². The fraction of sp³-hybridized carbons (Fsp3) is 0.750. The molecule has 0 radical (unpaired) electrons. The number of benzene rings is 1. The maximum Gasteiger partial charge on any atom is 0.342 e. The molecule has 0 amide bonds. The molecule has 0 saturated heterocycles. The number of carbonyl (C=O) groups is 2. The van der Waals surface area contributed by atoms with Crippen LogP contribution in [0, 0.1) is 10.8 Å². The molecule has 0 aliphatic carbocycles. The van der Waals surface area contributed by atoms with Gasteiger partial charge in [0, 0.05) is 12.8 Å². The van der Waals surface area contributed by atoms with Crippen molar-refractivity contribution in [2.75, 3.05) is 0 Å². The highest BCUT2D eigenvalue weighted by molar-refractivity contribution is 5.68. The zero-order valence-corrected chi connectivity index (χ0v) is 25.8. The summed E-state index contributed by atoms with van der Waals surface area (Å²) in [7, 11) is 0. The summed E-state index contributed by atoms with van der Waals surface area (Å²) in [6, 6.07) is 7.58. The minimum absolute atomic E-state index is 0.308. The van der Waals surface area contributed by atoms with E-state index in [0.29, 0.717) is 23.7 Å². The molecule has 0 heterocycles. The summed E-state index contributed by atoms with van der Waals surface area (Å²) in [5, 5.41) is 0. The van der Waals surface area contributed by atoms with Crippen molar-refractivity contribution in [1.29, 1.82) is 0 Å². The first-order chi connectivity index (χ1) is 17.4. The van der Waals surface area contributed by atoms with Crippen molar-refractivity contribution in [3.8, 4) is 0 Å². The lowest BCUT2D eigenvalue weighted by molar-refractivity contribution is -0.336. The second kappa shape index (κ2) is 15.0. The second-order valence-corrected chi connectivity index (χ2v) is 13.9. The minimum Gasteiger partial charge on any atom is -0.297 e. The second-order valence-electron chi connectivity index (χ2n) is 13.9. The van der Waals surface area contributed by atoms with E-state index in [-0.39, 0.29) is 11.9 Å². The zero-order valence-electron chi connectivity index (χ0n) is 25.8. The number of carbonyl (C=O) groups excluding carboxylic acids is 2. The number of rotatable bonds is 16. The minimum atomic E-state index is -0.934.